The van der Waals surface area contributed by atoms with Crippen molar-refractivity contribution < 1.29 is 0 Å². The molecule has 1 aromatic heterocycles. The fraction of sp³-hybridized carbons (Fsp3) is 0.286. The predicted molar refractivity (Wildman–Crippen MR) is 78.0 cm³/mol. The number of nitrogens with zero attached hydrogens (tertiary/aromatic N) is 2. The van der Waals surface area contributed by atoms with E-state index in [1.54, 1.807) is 0 Å². The van der Waals surface area contributed by atoms with E-state index in [0.717, 1.165) is 33.1 Å². The summed E-state index contributed by atoms with van der Waals surface area (Å²) in [5.41, 5.74) is 10.3. The van der Waals surface area contributed by atoms with Gasteiger partial charge in [-0.1, -0.05) is 23.7 Å². The van der Waals surface area contributed by atoms with Gasteiger partial charge in [-0.05, 0) is 38.0 Å². The van der Waals surface area contributed by atoms with Gasteiger partial charge in [0.15, 0.2) is 0 Å². The zero-order valence-corrected chi connectivity index (χ0v) is 12.0. The van der Waals surface area contributed by atoms with Crippen LogP contribution in [0.5, 0.6) is 0 Å². The maximum absolute atomic E-state index is 7.43. The third-order valence-electron chi connectivity index (χ3n) is 3.27. The lowest BCUT2D eigenvalue weighted by Crippen LogP contribution is -2.12. The van der Waals surface area contributed by atoms with Crippen LogP contribution in [0.2, 0.25) is 5.02 Å². The predicted octanol–water partition coefficient (Wildman–Crippen LogP) is 2.79. The van der Waals surface area contributed by atoms with E-state index < -0.39 is 0 Å². The molecule has 2 aromatic rings. The number of nitrogens with two attached hydrogens (primary N) is 1. The molecule has 0 fully saturated rings. The lowest BCUT2D eigenvalue weighted by molar-refractivity contribution is 0.656. The number of rotatable bonds is 3. The van der Waals surface area contributed by atoms with E-state index >= 15 is 0 Å². The molecule has 0 unspecified atom stereocenters. The fourth-order valence-corrected chi connectivity index (χ4v) is 2.17. The van der Waals surface area contributed by atoms with Crippen LogP contribution in [-0.2, 0) is 6.54 Å². The molecular weight excluding hydrogens is 260 g/mol. The summed E-state index contributed by atoms with van der Waals surface area (Å²) in [5, 5.41) is 12.6. The average Bonchev–Trinajstić information content (AvgIpc) is 2.59. The van der Waals surface area contributed by atoms with Gasteiger partial charge in [0.2, 0.25) is 0 Å². The Morgan fingerprint density at radius 2 is 2.05 bits per heavy atom. The van der Waals surface area contributed by atoms with Gasteiger partial charge in [0, 0.05) is 5.56 Å². The lowest BCUT2D eigenvalue weighted by Gasteiger charge is -2.09. The third-order valence-corrected chi connectivity index (χ3v) is 3.81. The summed E-state index contributed by atoms with van der Waals surface area (Å²) in [5.74, 6) is 0.0869. The highest BCUT2D eigenvalue weighted by molar-refractivity contribution is 6.31. The molecule has 0 bridgehead atoms. The second-order valence-corrected chi connectivity index (χ2v) is 5.08. The van der Waals surface area contributed by atoms with Crippen molar-refractivity contribution in [3.8, 4) is 0 Å². The van der Waals surface area contributed by atoms with Crippen LogP contribution in [0.15, 0.2) is 18.2 Å². The standard InChI is InChI=1S/C14H17ClN4/c1-8-6-11(14(16)17)4-5-12(8)7-19-10(3)13(15)9(2)18-19/h4-6H,7H2,1-3H3,(H3,16,17). The maximum Gasteiger partial charge on any atom is 0.122 e. The highest BCUT2D eigenvalue weighted by Gasteiger charge is 2.10. The zero-order chi connectivity index (χ0) is 14.2. The largest absolute Gasteiger partial charge is 0.384 e. The minimum Gasteiger partial charge on any atom is -0.384 e. The summed E-state index contributed by atoms with van der Waals surface area (Å²) in [7, 11) is 0. The van der Waals surface area contributed by atoms with Crippen LogP contribution in [-0.4, -0.2) is 15.6 Å². The van der Waals surface area contributed by atoms with Crippen LogP contribution < -0.4 is 5.73 Å². The van der Waals surface area contributed by atoms with Gasteiger partial charge in [-0.25, -0.2) is 0 Å². The van der Waals surface area contributed by atoms with Crippen LogP contribution in [0.1, 0.15) is 28.1 Å². The molecule has 19 heavy (non-hydrogen) atoms. The van der Waals surface area contributed by atoms with Crippen molar-refractivity contribution in [1.29, 1.82) is 5.41 Å². The van der Waals surface area contributed by atoms with Crippen LogP contribution in [0.3, 0.4) is 0 Å². The van der Waals surface area contributed by atoms with E-state index in [2.05, 4.69) is 5.10 Å². The van der Waals surface area contributed by atoms with E-state index in [4.69, 9.17) is 22.7 Å². The molecule has 0 atom stereocenters. The first kappa shape index (κ1) is 13.6. The summed E-state index contributed by atoms with van der Waals surface area (Å²) in [6.07, 6.45) is 0. The van der Waals surface area contributed by atoms with Gasteiger partial charge in [0.25, 0.3) is 0 Å². The van der Waals surface area contributed by atoms with Crippen LogP contribution in [0.4, 0.5) is 0 Å². The second kappa shape index (κ2) is 5.05. The number of nitrogens with one attached hydrogen (secondary N) is 1. The summed E-state index contributed by atoms with van der Waals surface area (Å²) in [4.78, 5) is 0. The Morgan fingerprint density at radius 3 is 2.53 bits per heavy atom. The molecule has 0 aliphatic carbocycles. The molecule has 100 valence electrons. The Hall–Kier alpha value is -1.81. The molecule has 0 aliphatic heterocycles. The van der Waals surface area contributed by atoms with Crippen molar-refractivity contribution in [2.75, 3.05) is 0 Å². The maximum atomic E-state index is 7.43. The Bertz CT molecular complexity index is 643. The molecule has 3 N–H and O–H groups in total. The highest BCUT2D eigenvalue weighted by Crippen LogP contribution is 2.21. The number of nitrogen functional groups attached to an aromatic ring is 1. The molecule has 0 saturated heterocycles. The van der Waals surface area contributed by atoms with Gasteiger partial charge < -0.3 is 5.73 Å². The summed E-state index contributed by atoms with van der Waals surface area (Å²) in [6, 6.07) is 5.76. The first-order chi connectivity index (χ1) is 8.90. The Kier molecular flexibility index (Phi) is 3.62. The van der Waals surface area contributed by atoms with Gasteiger partial charge in [0.1, 0.15) is 5.84 Å². The Morgan fingerprint density at radius 1 is 1.37 bits per heavy atom. The molecule has 1 aromatic carbocycles. The molecule has 0 saturated carbocycles. The van der Waals surface area contributed by atoms with E-state index in [9.17, 15) is 0 Å². The molecule has 0 amide bonds. The number of hydrogen-bond donors (Lipinski definition) is 2. The second-order valence-electron chi connectivity index (χ2n) is 4.70. The molecule has 0 spiro atoms. The molecule has 4 nitrogen and oxygen atoms in total. The van der Waals surface area contributed by atoms with Crippen molar-refractivity contribution in [3.05, 3.63) is 51.3 Å². The van der Waals surface area contributed by atoms with Crippen molar-refractivity contribution in [2.24, 2.45) is 5.73 Å². The number of amidine groups is 1. The van der Waals surface area contributed by atoms with E-state index in [1.807, 2.05) is 43.7 Å². The molecule has 0 radical (unpaired) electrons. The molecule has 0 aliphatic rings. The lowest BCUT2D eigenvalue weighted by atomic mass is 10.0. The molecule has 1 heterocycles. The van der Waals surface area contributed by atoms with E-state index in [-0.39, 0.29) is 5.84 Å². The molecule has 2 rings (SSSR count). The van der Waals surface area contributed by atoms with Gasteiger partial charge >= 0.3 is 0 Å². The van der Waals surface area contributed by atoms with Crippen molar-refractivity contribution in [2.45, 2.75) is 27.3 Å². The van der Waals surface area contributed by atoms with Crippen LogP contribution in [0, 0.1) is 26.2 Å². The van der Waals surface area contributed by atoms with Gasteiger partial charge in [-0.3, -0.25) is 10.1 Å². The van der Waals surface area contributed by atoms with Gasteiger partial charge in [-0.2, -0.15) is 5.10 Å². The third kappa shape index (κ3) is 2.63. The quantitative estimate of drug-likeness (QED) is 0.669. The number of aryl methyl sites for hydroxylation is 2. The number of hydrogen-bond acceptors (Lipinski definition) is 2. The van der Waals surface area contributed by atoms with E-state index in [1.165, 1.54) is 0 Å². The SMILES string of the molecule is Cc1cc(C(=N)N)ccc1Cn1nc(C)c(Cl)c1C. The summed E-state index contributed by atoms with van der Waals surface area (Å²) >= 11 is 6.14. The fourth-order valence-electron chi connectivity index (χ4n) is 2.03. The van der Waals surface area contributed by atoms with Gasteiger partial charge in [-0.15, -0.1) is 0 Å². The van der Waals surface area contributed by atoms with Crippen molar-refractivity contribution >= 4 is 17.4 Å². The zero-order valence-electron chi connectivity index (χ0n) is 11.3. The number of benzene rings is 1. The number of aromatic nitrogens is 2. The average molecular weight is 277 g/mol. The van der Waals surface area contributed by atoms with Crippen LogP contribution >= 0.6 is 11.6 Å². The molecular formula is C14H17ClN4. The smallest absolute Gasteiger partial charge is 0.122 e. The number of halogens is 1. The van der Waals surface area contributed by atoms with Crippen molar-refractivity contribution in [3.63, 3.8) is 0 Å². The van der Waals surface area contributed by atoms with Crippen molar-refractivity contribution in [1.82, 2.24) is 9.78 Å². The summed E-state index contributed by atoms with van der Waals surface area (Å²) in [6.45, 7) is 6.54. The first-order valence-corrected chi connectivity index (χ1v) is 6.41. The van der Waals surface area contributed by atoms with Gasteiger partial charge in [0.05, 0.1) is 23.0 Å². The normalized spacial score (nSPS) is 10.7. The molecule has 5 heteroatoms. The monoisotopic (exact) mass is 276 g/mol. The minimum atomic E-state index is 0.0869. The topological polar surface area (TPSA) is 67.7 Å². The minimum absolute atomic E-state index is 0.0869. The van der Waals surface area contributed by atoms with Crippen LogP contribution in [0.25, 0.3) is 0 Å². The Balaban J connectivity index is 2.33. The first-order valence-electron chi connectivity index (χ1n) is 6.03. The van der Waals surface area contributed by atoms with E-state index in [0.29, 0.717) is 6.54 Å². The summed E-state index contributed by atoms with van der Waals surface area (Å²) < 4.78 is 1.90. The highest BCUT2D eigenvalue weighted by atomic mass is 35.5. The Labute approximate surface area is 117 Å².